The van der Waals surface area contributed by atoms with E-state index in [4.69, 9.17) is 4.74 Å². The van der Waals surface area contributed by atoms with E-state index in [0.717, 1.165) is 27.6 Å². The molecule has 0 saturated carbocycles. The molecule has 5 rings (SSSR count). The lowest BCUT2D eigenvalue weighted by atomic mass is 10.1. The first-order valence-electron chi connectivity index (χ1n) is 11.4. The molecule has 0 aliphatic rings. The van der Waals surface area contributed by atoms with Crippen molar-refractivity contribution in [1.82, 2.24) is 14.8 Å². The maximum atomic E-state index is 13.3. The number of rotatable bonds is 6. The van der Waals surface area contributed by atoms with Crippen LogP contribution >= 0.6 is 0 Å². The van der Waals surface area contributed by atoms with Crippen molar-refractivity contribution in [2.24, 2.45) is 0 Å². The highest BCUT2D eigenvalue weighted by Gasteiger charge is 2.31. The Bertz CT molecular complexity index is 1630. The fourth-order valence-electron chi connectivity index (χ4n) is 3.88. The number of benzene rings is 4. The molecule has 0 aliphatic carbocycles. The van der Waals surface area contributed by atoms with E-state index in [0.29, 0.717) is 11.3 Å². The minimum Gasteiger partial charge on any atom is -0.450 e. The maximum Gasteiger partial charge on any atom is 0.416 e. The van der Waals surface area contributed by atoms with Gasteiger partial charge in [-0.05, 0) is 29.7 Å². The Morgan fingerprint density at radius 2 is 1.58 bits per heavy atom. The maximum absolute atomic E-state index is 13.3. The lowest BCUT2D eigenvalue weighted by molar-refractivity contribution is -0.137. The van der Waals surface area contributed by atoms with Crippen molar-refractivity contribution in [3.63, 3.8) is 0 Å². The zero-order valence-corrected chi connectivity index (χ0v) is 19.6. The second-order valence-corrected chi connectivity index (χ2v) is 8.24. The first-order chi connectivity index (χ1) is 18.3. The van der Waals surface area contributed by atoms with Crippen molar-refractivity contribution >= 4 is 28.3 Å². The fraction of sp³-hybridized carbons (Fsp3) is 0.0714. The van der Waals surface area contributed by atoms with Crippen LogP contribution in [-0.4, -0.2) is 33.2 Å². The third kappa shape index (κ3) is 5.24. The largest absolute Gasteiger partial charge is 0.450 e. The molecule has 0 saturated heterocycles. The number of aromatic nitrogens is 3. The number of fused-ring (bicyclic) bond motifs is 1. The summed E-state index contributed by atoms with van der Waals surface area (Å²) in [6, 6.07) is 26.0. The van der Waals surface area contributed by atoms with Gasteiger partial charge in [0.05, 0.1) is 11.3 Å². The minimum atomic E-state index is -4.57. The molecule has 0 unspecified atom stereocenters. The number of halogens is 3. The van der Waals surface area contributed by atoms with Gasteiger partial charge in [-0.2, -0.15) is 13.2 Å². The van der Waals surface area contributed by atoms with E-state index < -0.39 is 36.0 Å². The predicted octanol–water partition coefficient (Wildman–Crippen LogP) is 5.90. The van der Waals surface area contributed by atoms with E-state index >= 15 is 0 Å². The fourth-order valence-corrected chi connectivity index (χ4v) is 3.88. The van der Waals surface area contributed by atoms with Gasteiger partial charge in [-0.1, -0.05) is 72.8 Å². The first kappa shape index (κ1) is 24.7. The van der Waals surface area contributed by atoms with Crippen molar-refractivity contribution < 1.29 is 27.5 Å². The Balaban J connectivity index is 1.38. The summed E-state index contributed by atoms with van der Waals surface area (Å²) in [5, 5.41) is 8.58. The molecule has 1 aromatic heterocycles. The average molecular weight is 516 g/mol. The molecule has 0 bridgehead atoms. The number of carbonyl (C=O) groups excluding carboxylic acids is 2. The molecule has 1 N–H and O–H groups in total. The molecule has 5 aromatic rings. The van der Waals surface area contributed by atoms with Crippen LogP contribution in [-0.2, 0) is 15.7 Å². The summed E-state index contributed by atoms with van der Waals surface area (Å²) in [6.07, 6.45) is -4.57. The topological polar surface area (TPSA) is 86.1 Å². The van der Waals surface area contributed by atoms with Gasteiger partial charge >= 0.3 is 12.1 Å². The Labute approximate surface area is 214 Å². The summed E-state index contributed by atoms with van der Waals surface area (Å²) >= 11 is 0. The van der Waals surface area contributed by atoms with Crippen LogP contribution in [0.3, 0.4) is 0 Å². The molecule has 4 aromatic carbocycles. The lowest BCUT2D eigenvalue weighted by Crippen LogP contribution is -2.21. The molecule has 0 fully saturated rings. The number of nitrogens with one attached hydrogen (secondary N) is 1. The predicted molar refractivity (Wildman–Crippen MR) is 135 cm³/mol. The van der Waals surface area contributed by atoms with Gasteiger partial charge in [0.1, 0.15) is 0 Å². The molecule has 0 aliphatic heterocycles. The monoisotopic (exact) mass is 516 g/mol. The molecule has 0 spiro atoms. The van der Waals surface area contributed by atoms with Crippen LogP contribution in [0.15, 0.2) is 97.1 Å². The third-order valence-electron chi connectivity index (χ3n) is 5.64. The highest BCUT2D eigenvalue weighted by molar-refractivity contribution is 6.03. The van der Waals surface area contributed by atoms with Crippen LogP contribution in [0.4, 0.5) is 18.9 Å². The highest BCUT2D eigenvalue weighted by Crippen LogP contribution is 2.31. The van der Waals surface area contributed by atoms with Crippen LogP contribution < -0.4 is 5.32 Å². The van der Waals surface area contributed by atoms with E-state index in [1.165, 1.54) is 12.1 Å². The van der Waals surface area contributed by atoms with Gasteiger partial charge in [-0.25, -0.2) is 14.5 Å². The average Bonchev–Trinajstić information content (AvgIpc) is 3.38. The molecule has 1 amide bonds. The summed E-state index contributed by atoms with van der Waals surface area (Å²) in [4.78, 5) is 29.5. The minimum absolute atomic E-state index is 0.0546. The summed E-state index contributed by atoms with van der Waals surface area (Å²) in [5.74, 6) is -1.84. The van der Waals surface area contributed by atoms with Crippen molar-refractivity contribution in [3.05, 3.63) is 108 Å². The normalized spacial score (nSPS) is 11.3. The highest BCUT2D eigenvalue weighted by atomic mass is 19.4. The molecule has 7 nitrogen and oxygen atoms in total. The molecular formula is C28H19F3N4O3. The molecule has 0 radical (unpaired) electrons. The van der Waals surface area contributed by atoms with Crippen LogP contribution in [0, 0.1) is 0 Å². The van der Waals surface area contributed by atoms with Crippen LogP contribution in [0.1, 0.15) is 16.2 Å². The zero-order valence-electron chi connectivity index (χ0n) is 19.6. The van der Waals surface area contributed by atoms with Crippen molar-refractivity contribution in [1.29, 1.82) is 0 Å². The van der Waals surface area contributed by atoms with Gasteiger partial charge in [-0.15, -0.1) is 5.10 Å². The number of nitrogens with zero attached hydrogens (tertiary/aromatic N) is 3. The summed E-state index contributed by atoms with van der Waals surface area (Å²) in [7, 11) is 0. The van der Waals surface area contributed by atoms with E-state index in [1.54, 1.807) is 42.5 Å². The van der Waals surface area contributed by atoms with Crippen LogP contribution in [0.5, 0.6) is 0 Å². The molecule has 0 atom stereocenters. The number of carbonyl (C=O) groups is 2. The quantitative estimate of drug-likeness (QED) is 0.284. The Hall–Kier alpha value is -4.99. The smallest absolute Gasteiger partial charge is 0.416 e. The second kappa shape index (κ2) is 10.2. The first-order valence-corrected chi connectivity index (χ1v) is 11.4. The SMILES string of the molecule is O=C(COC(=O)c1nc(-c2ccccc2)n(-c2cccc(C(F)(F)F)c2)n1)Nc1cccc2ccccc12. The van der Waals surface area contributed by atoms with Gasteiger partial charge < -0.3 is 10.1 Å². The van der Waals surface area contributed by atoms with E-state index in [9.17, 15) is 22.8 Å². The van der Waals surface area contributed by atoms with Gasteiger partial charge in [0.25, 0.3) is 11.7 Å². The number of alkyl halides is 3. The summed E-state index contributed by atoms with van der Waals surface area (Å²) < 4.78 is 46.2. The lowest BCUT2D eigenvalue weighted by Gasteiger charge is -2.10. The van der Waals surface area contributed by atoms with Gasteiger partial charge in [0, 0.05) is 16.6 Å². The van der Waals surface area contributed by atoms with Gasteiger partial charge in [0.2, 0.25) is 0 Å². The molecule has 190 valence electrons. The summed E-state index contributed by atoms with van der Waals surface area (Å²) in [6.45, 7) is -0.610. The molecule has 1 heterocycles. The van der Waals surface area contributed by atoms with E-state index in [1.807, 2.05) is 30.3 Å². The summed E-state index contributed by atoms with van der Waals surface area (Å²) in [5.41, 5.74) is 0.255. The Morgan fingerprint density at radius 3 is 2.37 bits per heavy atom. The number of anilines is 1. The van der Waals surface area contributed by atoms with Crippen LogP contribution in [0.25, 0.3) is 27.8 Å². The molecular weight excluding hydrogens is 497 g/mol. The number of esters is 1. The number of hydrogen-bond donors (Lipinski definition) is 1. The zero-order chi connectivity index (χ0) is 26.7. The second-order valence-electron chi connectivity index (χ2n) is 8.24. The third-order valence-corrected chi connectivity index (χ3v) is 5.64. The van der Waals surface area contributed by atoms with Crippen molar-refractivity contribution in [2.45, 2.75) is 6.18 Å². The number of ether oxygens (including phenoxy) is 1. The van der Waals surface area contributed by atoms with Gasteiger partial charge in [0.15, 0.2) is 12.4 Å². The van der Waals surface area contributed by atoms with E-state index in [2.05, 4.69) is 15.4 Å². The number of amides is 1. The molecule has 10 heteroatoms. The number of hydrogen-bond acceptors (Lipinski definition) is 5. The van der Waals surface area contributed by atoms with Crippen molar-refractivity contribution in [2.75, 3.05) is 11.9 Å². The molecule has 38 heavy (non-hydrogen) atoms. The Morgan fingerprint density at radius 1 is 0.868 bits per heavy atom. The van der Waals surface area contributed by atoms with Crippen molar-refractivity contribution in [3.8, 4) is 17.1 Å². The van der Waals surface area contributed by atoms with Crippen LogP contribution in [0.2, 0.25) is 0 Å². The van der Waals surface area contributed by atoms with E-state index in [-0.39, 0.29) is 11.5 Å². The Kier molecular flexibility index (Phi) is 6.61. The van der Waals surface area contributed by atoms with Gasteiger partial charge in [-0.3, -0.25) is 4.79 Å². The standard InChI is InChI=1S/C28H19F3N4O3/c29-28(30,31)20-12-7-13-21(16-20)35-26(19-9-2-1-3-10-19)33-25(34-35)27(37)38-17-24(36)32-23-15-6-11-18-8-4-5-14-22(18)23/h1-16H,17H2,(H,32,36).